The standard InChI is InChI=1S/C8H8.C4H10O.C3H4O2/c1-2-8-6-4-3-5-7-8;1-3-5-4-2;1-2-3(4)5/h2-7H,1H2;3-4H2,1-2H3;2H,1H2,(H,4,5). The average molecular weight is 250 g/mol. The third-order valence-electron chi connectivity index (χ3n) is 1.62. The molecule has 0 fully saturated rings. The lowest BCUT2D eigenvalue weighted by atomic mass is 10.2. The van der Waals surface area contributed by atoms with Crippen molar-refractivity contribution in [2.45, 2.75) is 13.8 Å². The van der Waals surface area contributed by atoms with Gasteiger partial charge in [-0.1, -0.05) is 49.6 Å². The Kier molecular flexibility index (Phi) is 15.5. The van der Waals surface area contributed by atoms with Crippen molar-refractivity contribution in [2.75, 3.05) is 13.2 Å². The van der Waals surface area contributed by atoms with Gasteiger partial charge in [-0.15, -0.1) is 0 Å². The third-order valence-corrected chi connectivity index (χ3v) is 1.62. The number of carboxylic acids is 1. The lowest BCUT2D eigenvalue weighted by Gasteiger charge is -1.86. The first-order chi connectivity index (χ1) is 8.62. The fourth-order valence-electron chi connectivity index (χ4n) is 0.793. The summed E-state index contributed by atoms with van der Waals surface area (Å²) in [4.78, 5) is 9.25. The van der Waals surface area contributed by atoms with Crippen molar-refractivity contribution in [1.82, 2.24) is 0 Å². The first-order valence-electron chi connectivity index (χ1n) is 5.72. The highest BCUT2D eigenvalue weighted by Crippen LogP contribution is 1.97. The number of hydrogen-bond donors (Lipinski definition) is 1. The molecule has 3 heteroatoms. The highest BCUT2D eigenvalue weighted by Gasteiger charge is 1.75. The normalized spacial score (nSPS) is 7.89. The predicted molar refractivity (Wildman–Crippen MR) is 76.5 cm³/mol. The van der Waals surface area contributed by atoms with E-state index in [0.717, 1.165) is 19.3 Å². The molecule has 1 N–H and O–H groups in total. The van der Waals surface area contributed by atoms with E-state index in [1.54, 1.807) is 0 Å². The van der Waals surface area contributed by atoms with Gasteiger partial charge in [-0.3, -0.25) is 0 Å². The summed E-state index contributed by atoms with van der Waals surface area (Å²) in [6, 6.07) is 10.0. The summed E-state index contributed by atoms with van der Waals surface area (Å²) in [7, 11) is 0. The number of aliphatic carboxylic acids is 1. The van der Waals surface area contributed by atoms with Gasteiger partial charge in [0.2, 0.25) is 0 Å². The van der Waals surface area contributed by atoms with Crippen molar-refractivity contribution in [2.24, 2.45) is 0 Å². The number of rotatable bonds is 4. The Morgan fingerprint density at radius 2 is 1.67 bits per heavy atom. The molecule has 0 aliphatic rings. The van der Waals surface area contributed by atoms with Crippen LogP contribution >= 0.6 is 0 Å². The Balaban J connectivity index is 0. The van der Waals surface area contributed by atoms with Crippen LogP contribution in [0.3, 0.4) is 0 Å². The molecule has 1 aromatic rings. The smallest absolute Gasteiger partial charge is 0.327 e. The van der Waals surface area contributed by atoms with Crippen LogP contribution in [0.2, 0.25) is 0 Å². The molecular formula is C15H22O3. The van der Waals surface area contributed by atoms with Crippen LogP contribution in [-0.4, -0.2) is 24.3 Å². The van der Waals surface area contributed by atoms with E-state index in [-0.39, 0.29) is 0 Å². The van der Waals surface area contributed by atoms with E-state index in [1.165, 1.54) is 5.56 Å². The van der Waals surface area contributed by atoms with Crippen LogP contribution in [-0.2, 0) is 9.53 Å². The van der Waals surface area contributed by atoms with Crippen LogP contribution in [0.5, 0.6) is 0 Å². The minimum atomic E-state index is -0.981. The second-order valence-electron chi connectivity index (χ2n) is 2.94. The molecule has 1 rings (SSSR count). The quantitative estimate of drug-likeness (QED) is 0.830. The van der Waals surface area contributed by atoms with Gasteiger partial charge >= 0.3 is 5.97 Å². The molecule has 0 aromatic heterocycles. The number of ether oxygens (including phenoxy) is 1. The number of hydrogen-bond acceptors (Lipinski definition) is 2. The van der Waals surface area contributed by atoms with E-state index in [1.807, 2.05) is 50.3 Å². The monoisotopic (exact) mass is 250 g/mol. The zero-order valence-corrected chi connectivity index (χ0v) is 11.1. The van der Waals surface area contributed by atoms with Crippen molar-refractivity contribution < 1.29 is 14.6 Å². The van der Waals surface area contributed by atoms with E-state index in [0.29, 0.717) is 0 Å². The fourth-order valence-corrected chi connectivity index (χ4v) is 0.793. The van der Waals surface area contributed by atoms with Crippen molar-refractivity contribution in [1.29, 1.82) is 0 Å². The molecule has 0 saturated heterocycles. The minimum Gasteiger partial charge on any atom is -0.478 e. The van der Waals surface area contributed by atoms with Crippen molar-refractivity contribution >= 4 is 12.0 Å². The highest BCUT2D eigenvalue weighted by atomic mass is 16.5. The molecular weight excluding hydrogens is 228 g/mol. The van der Waals surface area contributed by atoms with Crippen LogP contribution in [0.1, 0.15) is 19.4 Å². The van der Waals surface area contributed by atoms with Gasteiger partial charge in [-0.25, -0.2) is 4.79 Å². The molecule has 0 heterocycles. The van der Waals surface area contributed by atoms with Crippen LogP contribution in [0, 0.1) is 0 Å². The molecule has 0 amide bonds. The molecule has 0 radical (unpaired) electrons. The van der Waals surface area contributed by atoms with E-state index in [4.69, 9.17) is 9.84 Å². The maximum Gasteiger partial charge on any atom is 0.327 e. The topological polar surface area (TPSA) is 46.5 Å². The second kappa shape index (κ2) is 15.1. The Morgan fingerprint density at radius 3 is 1.83 bits per heavy atom. The minimum absolute atomic E-state index is 0.833. The SMILES string of the molecule is C=CC(=O)O.C=Cc1ccccc1.CCOCC. The highest BCUT2D eigenvalue weighted by molar-refractivity contribution is 5.78. The molecule has 0 saturated carbocycles. The molecule has 3 nitrogen and oxygen atoms in total. The van der Waals surface area contributed by atoms with Gasteiger partial charge in [0.15, 0.2) is 0 Å². The number of benzene rings is 1. The van der Waals surface area contributed by atoms with Crippen LogP contribution in [0.4, 0.5) is 0 Å². The number of carboxylic acid groups (broad SMARTS) is 1. The summed E-state index contributed by atoms with van der Waals surface area (Å²) in [6.45, 7) is 12.3. The molecule has 0 unspecified atom stereocenters. The average Bonchev–Trinajstić information content (AvgIpc) is 2.42. The van der Waals surface area contributed by atoms with Gasteiger partial charge in [0.1, 0.15) is 0 Å². The summed E-state index contributed by atoms with van der Waals surface area (Å²) in [6.07, 6.45) is 2.67. The van der Waals surface area contributed by atoms with Gasteiger partial charge in [0, 0.05) is 19.3 Å². The summed E-state index contributed by atoms with van der Waals surface area (Å²) in [5, 5.41) is 7.60. The van der Waals surface area contributed by atoms with Crippen molar-refractivity contribution in [3.05, 3.63) is 55.1 Å². The molecule has 0 aliphatic heterocycles. The summed E-state index contributed by atoms with van der Waals surface area (Å²) >= 11 is 0. The van der Waals surface area contributed by atoms with Gasteiger partial charge in [-0.2, -0.15) is 0 Å². The van der Waals surface area contributed by atoms with Gasteiger partial charge < -0.3 is 9.84 Å². The molecule has 0 aliphatic carbocycles. The summed E-state index contributed by atoms with van der Waals surface area (Å²) in [5.41, 5.74) is 1.17. The molecule has 0 atom stereocenters. The van der Waals surface area contributed by atoms with Gasteiger partial charge in [0.05, 0.1) is 0 Å². The van der Waals surface area contributed by atoms with E-state index >= 15 is 0 Å². The largest absolute Gasteiger partial charge is 0.478 e. The van der Waals surface area contributed by atoms with Crippen LogP contribution < -0.4 is 0 Å². The van der Waals surface area contributed by atoms with Gasteiger partial charge in [-0.05, 0) is 19.4 Å². The van der Waals surface area contributed by atoms with Crippen LogP contribution in [0.25, 0.3) is 6.08 Å². The molecule has 100 valence electrons. The zero-order chi connectivity index (χ0) is 14.2. The van der Waals surface area contributed by atoms with E-state index < -0.39 is 5.97 Å². The predicted octanol–water partition coefficient (Wildman–Crippen LogP) is 3.63. The van der Waals surface area contributed by atoms with E-state index in [9.17, 15) is 4.79 Å². The van der Waals surface area contributed by atoms with Crippen LogP contribution in [0.15, 0.2) is 49.6 Å². The first kappa shape index (κ1) is 18.5. The van der Waals surface area contributed by atoms with E-state index in [2.05, 4.69) is 13.2 Å². The fraction of sp³-hybridized carbons (Fsp3) is 0.267. The Morgan fingerprint density at radius 1 is 1.22 bits per heavy atom. The summed E-state index contributed by atoms with van der Waals surface area (Å²) < 4.78 is 4.83. The van der Waals surface area contributed by atoms with Gasteiger partial charge in [0.25, 0.3) is 0 Å². The maximum absolute atomic E-state index is 9.25. The van der Waals surface area contributed by atoms with Crippen molar-refractivity contribution in [3.8, 4) is 0 Å². The second-order valence-corrected chi connectivity index (χ2v) is 2.94. The zero-order valence-electron chi connectivity index (χ0n) is 11.1. The maximum atomic E-state index is 9.25. The lowest BCUT2D eigenvalue weighted by Crippen LogP contribution is -1.84. The van der Waals surface area contributed by atoms with Crippen molar-refractivity contribution in [3.63, 3.8) is 0 Å². The third kappa shape index (κ3) is 16.6. The molecule has 1 aromatic carbocycles. The lowest BCUT2D eigenvalue weighted by molar-refractivity contribution is -0.131. The first-order valence-corrected chi connectivity index (χ1v) is 5.72. The Labute approximate surface area is 109 Å². The number of carbonyl (C=O) groups is 1. The Bertz CT molecular complexity index is 316. The molecule has 0 spiro atoms. The molecule has 18 heavy (non-hydrogen) atoms. The molecule has 0 bridgehead atoms. The Hall–Kier alpha value is -1.87. The summed E-state index contributed by atoms with van der Waals surface area (Å²) in [5.74, 6) is -0.981.